The maximum atomic E-state index is 6.04. The van der Waals surface area contributed by atoms with E-state index in [1.165, 1.54) is 0 Å². The molecule has 4 heterocycles. The molecule has 0 atom stereocenters. The van der Waals surface area contributed by atoms with Gasteiger partial charge >= 0.3 is 0 Å². The summed E-state index contributed by atoms with van der Waals surface area (Å²) >= 11 is 6.04. The van der Waals surface area contributed by atoms with Crippen LogP contribution in [0.1, 0.15) is 30.4 Å². The highest BCUT2D eigenvalue weighted by Crippen LogP contribution is 2.33. The minimum Gasteiger partial charge on any atom is -0.352 e. The predicted molar refractivity (Wildman–Crippen MR) is 107 cm³/mol. The van der Waals surface area contributed by atoms with Gasteiger partial charge in [-0.1, -0.05) is 16.8 Å². The fourth-order valence-corrected chi connectivity index (χ4v) is 4.00. The molecule has 4 aromatic rings. The summed E-state index contributed by atoms with van der Waals surface area (Å²) in [5, 5.41) is 13.8. The molecular weight excluding hydrogens is 376 g/mol. The number of fused-ring (bicyclic) bond motifs is 1. The lowest BCUT2D eigenvalue weighted by Gasteiger charge is -2.31. The number of rotatable bonds is 3. The number of benzene rings is 1. The molecule has 0 saturated carbocycles. The van der Waals surface area contributed by atoms with E-state index in [4.69, 9.17) is 16.1 Å². The Labute approximate surface area is 166 Å². The summed E-state index contributed by atoms with van der Waals surface area (Å²) in [5.74, 6) is 3.04. The van der Waals surface area contributed by atoms with E-state index in [1.54, 1.807) is 6.20 Å². The number of nitrogens with zero attached hydrogens (tertiary/aromatic N) is 6. The van der Waals surface area contributed by atoms with Crippen molar-refractivity contribution >= 4 is 28.5 Å². The summed E-state index contributed by atoms with van der Waals surface area (Å²) in [6.07, 6.45) is 3.70. The first kappa shape index (κ1) is 17.2. The van der Waals surface area contributed by atoms with Gasteiger partial charge in [0.25, 0.3) is 0 Å². The van der Waals surface area contributed by atoms with E-state index in [1.807, 2.05) is 43.3 Å². The van der Waals surface area contributed by atoms with E-state index in [-0.39, 0.29) is 0 Å². The average Bonchev–Trinajstić information content (AvgIpc) is 3.33. The molecule has 28 heavy (non-hydrogen) atoms. The van der Waals surface area contributed by atoms with E-state index in [2.05, 4.69) is 29.8 Å². The third-order valence-corrected chi connectivity index (χ3v) is 5.56. The Hall–Kier alpha value is -2.93. The lowest BCUT2D eigenvalue weighted by Crippen LogP contribution is -2.34. The highest BCUT2D eigenvalue weighted by molar-refractivity contribution is 6.30. The molecule has 1 saturated heterocycles. The Balaban J connectivity index is 1.38. The summed E-state index contributed by atoms with van der Waals surface area (Å²) in [4.78, 5) is 6.66. The molecule has 0 unspecified atom stereocenters. The molecule has 0 radical (unpaired) electrons. The zero-order valence-electron chi connectivity index (χ0n) is 15.4. The molecule has 1 fully saturated rings. The molecule has 0 amide bonds. The van der Waals surface area contributed by atoms with Crippen molar-refractivity contribution in [1.82, 2.24) is 24.9 Å². The van der Waals surface area contributed by atoms with E-state index < -0.39 is 0 Å². The summed E-state index contributed by atoms with van der Waals surface area (Å²) < 4.78 is 7.54. The number of aryl methyl sites for hydroxylation is 1. The number of hydrogen-bond acceptors (Lipinski definition) is 6. The van der Waals surface area contributed by atoms with Crippen LogP contribution in [-0.2, 0) is 0 Å². The first-order valence-corrected chi connectivity index (χ1v) is 9.72. The zero-order valence-corrected chi connectivity index (χ0v) is 16.2. The molecule has 1 aromatic carbocycles. The Kier molecular flexibility index (Phi) is 4.24. The van der Waals surface area contributed by atoms with Gasteiger partial charge in [-0.05, 0) is 56.2 Å². The van der Waals surface area contributed by atoms with Crippen molar-refractivity contribution in [3.8, 4) is 5.69 Å². The average molecular weight is 395 g/mol. The predicted octanol–water partition coefficient (Wildman–Crippen LogP) is 4.15. The minimum atomic E-state index is 0.333. The molecule has 1 aliphatic heterocycles. The van der Waals surface area contributed by atoms with Gasteiger partial charge in [0.15, 0.2) is 16.9 Å². The first-order chi connectivity index (χ1) is 13.7. The SMILES string of the molecule is Cc1nnc(C2CCN(c3noc4cccnc34)CC2)n1-c1ccc(Cl)cc1. The van der Waals surface area contributed by atoms with Gasteiger partial charge in [-0.25, -0.2) is 4.98 Å². The zero-order chi connectivity index (χ0) is 19.1. The van der Waals surface area contributed by atoms with Crippen LogP contribution in [0.4, 0.5) is 5.82 Å². The molecule has 8 heteroatoms. The number of halogens is 1. The van der Waals surface area contributed by atoms with Crippen LogP contribution in [-0.4, -0.2) is 38.0 Å². The second-order valence-electron chi connectivity index (χ2n) is 7.03. The molecule has 3 aromatic heterocycles. The molecule has 5 rings (SSSR count). The minimum absolute atomic E-state index is 0.333. The topological polar surface area (TPSA) is 72.9 Å². The van der Waals surface area contributed by atoms with Gasteiger partial charge in [-0.3, -0.25) is 4.57 Å². The van der Waals surface area contributed by atoms with Crippen molar-refractivity contribution in [3.63, 3.8) is 0 Å². The molecule has 0 spiro atoms. The van der Waals surface area contributed by atoms with Crippen LogP contribution in [0.5, 0.6) is 0 Å². The number of anilines is 1. The number of pyridine rings is 1. The van der Waals surface area contributed by atoms with Crippen LogP contribution in [0.3, 0.4) is 0 Å². The monoisotopic (exact) mass is 394 g/mol. The van der Waals surface area contributed by atoms with Crippen molar-refractivity contribution in [1.29, 1.82) is 0 Å². The van der Waals surface area contributed by atoms with Gasteiger partial charge < -0.3 is 9.42 Å². The van der Waals surface area contributed by atoms with Crippen LogP contribution in [0.2, 0.25) is 5.02 Å². The lowest BCUT2D eigenvalue weighted by atomic mass is 9.95. The highest BCUT2D eigenvalue weighted by Gasteiger charge is 2.28. The lowest BCUT2D eigenvalue weighted by molar-refractivity contribution is 0.438. The van der Waals surface area contributed by atoms with Crippen LogP contribution >= 0.6 is 11.6 Å². The third-order valence-electron chi connectivity index (χ3n) is 5.31. The Bertz CT molecular complexity index is 1110. The van der Waals surface area contributed by atoms with Crippen molar-refractivity contribution in [2.45, 2.75) is 25.7 Å². The summed E-state index contributed by atoms with van der Waals surface area (Å²) in [5.41, 5.74) is 2.58. The number of aromatic nitrogens is 5. The van der Waals surface area contributed by atoms with Gasteiger partial charge in [-0.15, -0.1) is 10.2 Å². The van der Waals surface area contributed by atoms with E-state index >= 15 is 0 Å². The molecule has 142 valence electrons. The van der Waals surface area contributed by atoms with Gasteiger partial charge in [0.2, 0.25) is 0 Å². The molecule has 0 N–H and O–H groups in total. The largest absolute Gasteiger partial charge is 0.352 e. The van der Waals surface area contributed by atoms with Gasteiger partial charge in [0.1, 0.15) is 11.6 Å². The van der Waals surface area contributed by atoms with E-state index in [0.29, 0.717) is 5.92 Å². The van der Waals surface area contributed by atoms with Gasteiger partial charge in [0.05, 0.1) is 0 Å². The van der Waals surface area contributed by atoms with Gasteiger partial charge in [0, 0.05) is 35.9 Å². The molecule has 7 nitrogen and oxygen atoms in total. The van der Waals surface area contributed by atoms with Crippen LogP contribution in [0.15, 0.2) is 47.1 Å². The van der Waals surface area contributed by atoms with E-state index in [0.717, 1.165) is 65.2 Å². The van der Waals surface area contributed by atoms with Crippen molar-refractivity contribution in [2.24, 2.45) is 0 Å². The molecule has 0 aliphatic carbocycles. The normalized spacial score (nSPS) is 15.4. The van der Waals surface area contributed by atoms with E-state index in [9.17, 15) is 0 Å². The maximum Gasteiger partial charge on any atom is 0.198 e. The smallest absolute Gasteiger partial charge is 0.198 e. The second-order valence-corrected chi connectivity index (χ2v) is 7.47. The van der Waals surface area contributed by atoms with Crippen LogP contribution in [0, 0.1) is 6.92 Å². The second kappa shape index (κ2) is 6.91. The summed E-state index contributed by atoms with van der Waals surface area (Å²) in [6.45, 7) is 3.72. The quantitative estimate of drug-likeness (QED) is 0.519. The standard InChI is InChI=1S/C20H19ClN6O/c1-13-23-24-19(27(13)16-6-4-15(21)5-7-16)14-8-11-26(12-9-14)20-18-17(28-25-20)3-2-10-22-18/h2-7,10,14H,8-9,11-12H2,1H3. The third kappa shape index (κ3) is 2.92. The summed E-state index contributed by atoms with van der Waals surface area (Å²) in [7, 11) is 0. The highest BCUT2D eigenvalue weighted by atomic mass is 35.5. The van der Waals surface area contributed by atoms with Crippen LogP contribution in [0.25, 0.3) is 16.8 Å². The Morgan fingerprint density at radius 1 is 1.07 bits per heavy atom. The number of piperidine rings is 1. The summed E-state index contributed by atoms with van der Waals surface area (Å²) in [6, 6.07) is 11.5. The first-order valence-electron chi connectivity index (χ1n) is 9.34. The molecular formula is C20H19ClN6O. The van der Waals surface area contributed by atoms with Crippen molar-refractivity contribution < 1.29 is 4.52 Å². The molecule has 0 bridgehead atoms. The van der Waals surface area contributed by atoms with Crippen molar-refractivity contribution in [3.05, 3.63) is 59.3 Å². The van der Waals surface area contributed by atoms with Gasteiger partial charge in [-0.2, -0.15) is 0 Å². The Morgan fingerprint density at radius 2 is 1.86 bits per heavy atom. The molecule has 1 aliphatic rings. The van der Waals surface area contributed by atoms with Crippen molar-refractivity contribution in [2.75, 3.05) is 18.0 Å². The fraction of sp³-hybridized carbons (Fsp3) is 0.300. The number of hydrogen-bond donors (Lipinski definition) is 0. The maximum absolute atomic E-state index is 6.04. The Morgan fingerprint density at radius 3 is 2.64 bits per heavy atom. The van der Waals surface area contributed by atoms with Crippen LogP contribution < -0.4 is 4.90 Å². The fourth-order valence-electron chi connectivity index (χ4n) is 3.88.